The van der Waals surface area contributed by atoms with Gasteiger partial charge >= 0.3 is 11.7 Å². The minimum atomic E-state index is -0.608. The normalized spacial score (nSPS) is 13.8. The fourth-order valence-corrected chi connectivity index (χ4v) is 5.67. The lowest BCUT2D eigenvalue weighted by atomic mass is 9.90. The molecule has 2 aromatic carbocycles. The average Bonchev–Trinajstić information content (AvgIpc) is 3.45. The molecule has 4 aromatic rings. The van der Waals surface area contributed by atoms with Crippen molar-refractivity contribution in [1.82, 2.24) is 19.7 Å². The van der Waals surface area contributed by atoms with Gasteiger partial charge in [0.15, 0.2) is 5.82 Å². The number of aryl methyl sites for hydroxylation is 2. The fraction of sp³-hybridized carbons (Fsp3) is 0.424. The molecular formula is C33H38N4O5. The number of unbranched alkanes of at least 4 members (excludes halogenated alkanes) is 1. The Hall–Kier alpha value is -4.27. The van der Waals surface area contributed by atoms with Crippen molar-refractivity contribution in [2.24, 2.45) is 5.92 Å². The van der Waals surface area contributed by atoms with Crippen molar-refractivity contribution in [3.63, 3.8) is 0 Å². The Morgan fingerprint density at radius 1 is 1.05 bits per heavy atom. The van der Waals surface area contributed by atoms with Crippen molar-refractivity contribution in [3.8, 4) is 22.5 Å². The van der Waals surface area contributed by atoms with Gasteiger partial charge in [0.1, 0.15) is 5.82 Å². The summed E-state index contributed by atoms with van der Waals surface area (Å²) in [5.74, 6) is 0.531. The van der Waals surface area contributed by atoms with E-state index in [4.69, 9.17) is 14.2 Å². The first-order valence-electron chi connectivity index (χ1n) is 14.9. The molecule has 0 unspecified atom stereocenters. The average molecular weight is 571 g/mol. The minimum absolute atomic E-state index is 0.0711. The molecule has 0 amide bonds. The number of nitrogens with zero attached hydrogens (tertiary/aromatic N) is 3. The van der Waals surface area contributed by atoms with Crippen LogP contribution in [0, 0.1) is 12.8 Å². The predicted octanol–water partition coefficient (Wildman–Crippen LogP) is 5.62. The molecular weight excluding hydrogens is 532 g/mol. The molecule has 0 saturated heterocycles. The molecule has 1 aliphatic carbocycles. The summed E-state index contributed by atoms with van der Waals surface area (Å²) in [5, 5.41) is 3.84. The quantitative estimate of drug-likeness (QED) is 0.232. The van der Waals surface area contributed by atoms with Crippen LogP contribution < -0.4 is 11.3 Å². The van der Waals surface area contributed by atoms with Gasteiger partial charge in [0, 0.05) is 23.2 Å². The molecule has 5 rings (SSSR count). The molecule has 1 saturated carbocycles. The van der Waals surface area contributed by atoms with Crippen molar-refractivity contribution in [2.45, 2.75) is 78.2 Å². The molecule has 2 heterocycles. The summed E-state index contributed by atoms with van der Waals surface area (Å²) in [5.41, 5.74) is 4.30. The van der Waals surface area contributed by atoms with Crippen LogP contribution in [-0.4, -0.2) is 32.3 Å². The number of carbonyl (C=O) groups is 1. The summed E-state index contributed by atoms with van der Waals surface area (Å²) in [7, 11) is 0. The van der Waals surface area contributed by atoms with Gasteiger partial charge in [-0.25, -0.2) is 9.78 Å². The summed E-state index contributed by atoms with van der Waals surface area (Å²) in [6.07, 6.45) is 8.31. The number of rotatable bonds is 11. The van der Waals surface area contributed by atoms with E-state index in [0.717, 1.165) is 53.8 Å². The lowest BCUT2D eigenvalue weighted by Crippen LogP contribution is -2.32. The molecule has 9 nitrogen and oxygen atoms in total. The van der Waals surface area contributed by atoms with Crippen LogP contribution in [0.4, 0.5) is 0 Å². The third kappa shape index (κ3) is 6.95. The summed E-state index contributed by atoms with van der Waals surface area (Å²) in [4.78, 5) is 45.5. The maximum Gasteiger partial charge on any atom is 0.439 e. The monoisotopic (exact) mass is 570 g/mol. The molecule has 0 spiro atoms. The van der Waals surface area contributed by atoms with Gasteiger partial charge in [-0.15, -0.1) is 0 Å². The zero-order valence-corrected chi connectivity index (χ0v) is 24.4. The summed E-state index contributed by atoms with van der Waals surface area (Å²) >= 11 is 0. The Balaban J connectivity index is 1.38. The van der Waals surface area contributed by atoms with Gasteiger partial charge < -0.3 is 4.74 Å². The molecule has 0 bridgehead atoms. The summed E-state index contributed by atoms with van der Waals surface area (Å²) < 4.78 is 12.0. The second kappa shape index (κ2) is 13.6. The Kier molecular flexibility index (Phi) is 9.46. The number of esters is 1. The third-order valence-corrected chi connectivity index (χ3v) is 8.06. The number of nitrogens with one attached hydrogen (secondary N) is 1. The standard InChI is InChI=1S/C33H38N4O5/c1-3-4-14-29-34-22(2)28(19-30(38)41-21-24-10-6-5-7-11-24)32(39)37(29)20-23-15-17-25(18-16-23)26-12-8-9-13-27(26)31-35-33(40)42-36-31/h8-9,12-13,15-18,24H,3-7,10-11,14,19-21H2,1-2H3,(H,35,36,40). The number of aromatic nitrogens is 4. The smallest absolute Gasteiger partial charge is 0.439 e. The maximum absolute atomic E-state index is 13.8. The van der Waals surface area contributed by atoms with E-state index in [9.17, 15) is 14.4 Å². The van der Waals surface area contributed by atoms with Crippen LogP contribution in [0.15, 0.2) is 62.6 Å². The van der Waals surface area contributed by atoms with Crippen molar-refractivity contribution in [1.29, 1.82) is 0 Å². The number of H-pyrrole nitrogens is 1. The van der Waals surface area contributed by atoms with Crippen molar-refractivity contribution >= 4 is 5.97 Å². The van der Waals surface area contributed by atoms with E-state index >= 15 is 0 Å². The minimum Gasteiger partial charge on any atom is -0.465 e. The molecule has 1 fully saturated rings. The Morgan fingerprint density at radius 3 is 2.48 bits per heavy atom. The van der Waals surface area contributed by atoms with Gasteiger partial charge in [-0.05, 0) is 48.8 Å². The van der Waals surface area contributed by atoms with Crippen LogP contribution in [0.2, 0.25) is 0 Å². The SMILES string of the molecule is CCCCc1nc(C)c(CC(=O)OCC2CCCCC2)c(=O)n1Cc1ccc(-c2ccccc2-c2noc(=O)[nH]2)cc1. The second-order valence-electron chi connectivity index (χ2n) is 11.1. The number of aromatic amines is 1. The fourth-order valence-electron chi connectivity index (χ4n) is 5.67. The molecule has 0 aliphatic heterocycles. The second-order valence-corrected chi connectivity index (χ2v) is 11.1. The number of benzene rings is 2. The summed E-state index contributed by atoms with van der Waals surface area (Å²) in [6, 6.07) is 15.5. The number of ether oxygens (including phenoxy) is 1. The van der Waals surface area contributed by atoms with Gasteiger partial charge in [0.25, 0.3) is 5.56 Å². The highest BCUT2D eigenvalue weighted by Gasteiger charge is 2.20. The Morgan fingerprint density at radius 2 is 1.79 bits per heavy atom. The van der Waals surface area contributed by atoms with E-state index in [1.165, 1.54) is 19.3 Å². The van der Waals surface area contributed by atoms with Crippen molar-refractivity contribution in [2.75, 3.05) is 6.61 Å². The molecule has 220 valence electrons. The van der Waals surface area contributed by atoms with E-state index in [0.29, 0.717) is 42.6 Å². The molecule has 1 N–H and O–H groups in total. The molecule has 42 heavy (non-hydrogen) atoms. The van der Waals surface area contributed by atoms with E-state index in [1.54, 1.807) is 11.5 Å². The van der Waals surface area contributed by atoms with E-state index in [-0.39, 0.29) is 17.9 Å². The first kappa shape index (κ1) is 29.2. The molecule has 0 radical (unpaired) electrons. The predicted molar refractivity (Wildman–Crippen MR) is 160 cm³/mol. The van der Waals surface area contributed by atoms with Crippen LogP contribution >= 0.6 is 0 Å². The number of hydrogen-bond donors (Lipinski definition) is 1. The highest BCUT2D eigenvalue weighted by molar-refractivity contribution is 5.80. The van der Waals surface area contributed by atoms with Crippen molar-refractivity contribution < 1.29 is 14.1 Å². The first-order chi connectivity index (χ1) is 20.4. The van der Waals surface area contributed by atoms with Gasteiger partial charge in [0.05, 0.1) is 19.6 Å². The number of carbonyl (C=O) groups excluding carboxylic acids is 1. The maximum atomic E-state index is 13.8. The molecule has 9 heteroatoms. The highest BCUT2D eigenvalue weighted by Crippen LogP contribution is 2.30. The van der Waals surface area contributed by atoms with Crippen LogP contribution in [0.3, 0.4) is 0 Å². The molecule has 1 aliphatic rings. The number of hydrogen-bond acceptors (Lipinski definition) is 7. The Bertz CT molecular complexity index is 1630. The largest absolute Gasteiger partial charge is 0.465 e. The zero-order valence-electron chi connectivity index (χ0n) is 24.4. The van der Waals surface area contributed by atoms with Gasteiger partial charge in [-0.3, -0.25) is 23.7 Å². The molecule has 2 aromatic heterocycles. The van der Waals surface area contributed by atoms with Crippen molar-refractivity contribution in [3.05, 3.63) is 92.1 Å². The van der Waals surface area contributed by atoms with Gasteiger partial charge in [-0.1, -0.05) is 86.3 Å². The van der Waals surface area contributed by atoms with Crippen LogP contribution in [0.5, 0.6) is 0 Å². The Labute approximate surface area is 245 Å². The van der Waals surface area contributed by atoms with E-state index in [1.807, 2.05) is 48.5 Å². The van der Waals surface area contributed by atoms with Gasteiger partial charge in [-0.2, -0.15) is 0 Å². The van der Waals surface area contributed by atoms with Crippen LogP contribution in [-0.2, 0) is 28.9 Å². The zero-order chi connectivity index (χ0) is 29.5. The van der Waals surface area contributed by atoms with E-state index < -0.39 is 5.76 Å². The third-order valence-electron chi connectivity index (χ3n) is 8.06. The first-order valence-corrected chi connectivity index (χ1v) is 14.9. The topological polar surface area (TPSA) is 120 Å². The van der Waals surface area contributed by atoms with Crippen LogP contribution in [0.1, 0.15) is 74.5 Å². The molecule has 0 atom stereocenters. The highest BCUT2D eigenvalue weighted by atomic mass is 16.5. The van der Waals surface area contributed by atoms with Gasteiger partial charge in [0.2, 0.25) is 0 Å². The van der Waals surface area contributed by atoms with Crippen LogP contribution in [0.25, 0.3) is 22.5 Å². The lowest BCUT2D eigenvalue weighted by molar-refractivity contribution is -0.144. The van der Waals surface area contributed by atoms with E-state index in [2.05, 4.69) is 17.1 Å². The summed E-state index contributed by atoms with van der Waals surface area (Å²) in [6.45, 7) is 4.68. The lowest BCUT2D eigenvalue weighted by Gasteiger charge is -2.21.